The zero-order valence-electron chi connectivity index (χ0n) is 14.8. The van der Waals surface area contributed by atoms with Gasteiger partial charge in [0.2, 0.25) is 0 Å². The Labute approximate surface area is 161 Å². The number of halogens is 1. The first kappa shape index (κ1) is 19.0. The summed E-state index contributed by atoms with van der Waals surface area (Å²) in [7, 11) is 0. The predicted molar refractivity (Wildman–Crippen MR) is 103 cm³/mol. The summed E-state index contributed by atoms with van der Waals surface area (Å²) in [4.78, 5) is 15.5. The van der Waals surface area contributed by atoms with E-state index in [0.717, 1.165) is 11.1 Å². The maximum absolute atomic E-state index is 13.1. The number of rotatable bonds is 8. The SMILES string of the molecule is O=[N+]([O-])c1cccc(CO/N=C\c2ccc(OCc3cccc(F)c3)cc2)c1. The topological polar surface area (TPSA) is 74.0 Å². The molecule has 142 valence electrons. The van der Waals surface area contributed by atoms with Crippen molar-refractivity contribution >= 4 is 11.9 Å². The summed E-state index contributed by atoms with van der Waals surface area (Å²) in [6, 6.07) is 19.6. The number of non-ortho nitro benzene ring substituents is 1. The number of ether oxygens (including phenoxy) is 1. The largest absolute Gasteiger partial charge is 0.489 e. The highest BCUT2D eigenvalue weighted by atomic mass is 19.1. The first-order valence-corrected chi connectivity index (χ1v) is 8.46. The van der Waals surface area contributed by atoms with E-state index in [9.17, 15) is 14.5 Å². The highest BCUT2D eigenvalue weighted by Gasteiger charge is 2.05. The van der Waals surface area contributed by atoms with Gasteiger partial charge in [-0.05, 0) is 53.1 Å². The number of hydrogen-bond acceptors (Lipinski definition) is 5. The lowest BCUT2D eigenvalue weighted by atomic mass is 10.2. The number of nitrogens with zero attached hydrogens (tertiary/aromatic N) is 2. The molecule has 3 rings (SSSR count). The maximum atomic E-state index is 13.1. The van der Waals surface area contributed by atoms with Crippen LogP contribution in [0, 0.1) is 15.9 Å². The first-order chi connectivity index (χ1) is 13.6. The van der Waals surface area contributed by atoms with Crippen LogP contribution in [-0.4, -0.2) is 11.1 Å². The Morgan fingerprint density at radius 3 is 2.39 bits per heavy atom. The van der Waals surface area contributed by atoms with Crippen LogP contribution < -0.4 is 4.74 Å². The molecule has 0 radical (unpaired) electrons. The number of oxime groups is 1. The Balaban J connectivity index is 1.48. The predicted octanol–water partition coefficient (Wildman–Crippen LogP) is 4.86. The fraction of sp³-hybridized carbons (Fsp3) is 0.0952. The van der Waals surface area contributed by atoms with Gasteiger partial charge < -0.3 is 9.57 Å². The van der Waals surface area contributed by atoms with E-state index in [-0.39, 0.29) is 24.7 Å². The molecule has 0 amide bonds. The molecule has 0 heterocycles. The van der Waals surface area contributed by atoms with E-state index >= 15 is 0 Å². The molecule has 0 saturated carbocycles. The molecule has 0 aliphatic heterocycles. The van der Waals surface area contributed by atoms with Crippen molar-refractivity contribution in [3.8, 4) is 5.75 Å². The van der Waals surface area contributed by atoms with Gasteiger partial charge in [0.05, 0.1) is 11.1 Å². The van der Waals surface area contributed by atoms with Crippen molar-refractivity contribution in [1.82, 2.24) is 0 Å². The van der Waals surface area contributed by atoms with E-state index in [1.807, 2.05) is 0 Å². The monoisotopic (exact) mass is 380 g/mol. The summed E-state index contributed by atoms with van der Waals surface area (Å²) in [5, 5.41) is 14.6. The second-order valence-corrected chi connectivity index (χ2v) is 5.92. The van der Waals surface area contributed by atoms with Gasteiger partial charge >= 0.3 is 0 Å². The molecule has 0 atom stereocenters. The van der Waals surface area contributed by atoms with Crippen molar-refractivity contribution in [1.29, 1.82) is 0 Å². The Morgan fingerprint density at radius 2 is 1.68 bits per heavy atom. The van der Waals surface area contributed by atoms with Gasteiger partial charge in [-0.3, -0.25) is 10.1 Å². The minimum atomic E-state index is -0.454. The standard InChI is InChI=1S/C21H17FN2O4/c22-19-5-1-3-17(11-19)14-27-21-9-7-16(8-10-21)13-23-28-15-18-4-2-6-20(12-18)24(25)26/h1-13H,14-15H2/b23-13-. The highest BCUT2D eigenvalue weighted by molar-refractivity contribution is 5.79. The van der Waals surface area contributed by atoms with Crippen LogP contribution in [0.15, 0.2) is 78.0 Å². The van der Waals surface area contributed by atoms with E-state index in [1.54, 1.807) is 48.5 Å². The fourth-order valence-corrected chi connectivity index (χ4v) is 2.41. The highest BCUT2D eigenvalue weighted by Crippen LogP contribution is 2.15. The molecule has 0 fully saturated rings. The summed E-state index contributed by atoms with van der Waals surface area (Å²) in [5.41, 5.74) is 2.23. The number of hydrogen-bond donors (Lipinski definition) is 0. The van der Waals surface area contributed by atoms with Gasteiger partial charge in [0.15, 0.2) is 0 Å². The molecule has 0 aromatic heterocycles. The summed E-state index contributed by atoms with van der Waals surface area (Å²) >= 11 is 0. The smallest absolute Gasteiger partial charge is 0.269 e. The van der Waals surface area contributed by atoms with Gasteiger partial charge in [0.1, 0.15) is 24.8 Å². The second kappa shape index (κ2) is 9.27. The number of benzene rings is 3. The third-order valence-corrected chi connectivity index (χ3v) is 3.80. The fourth-order valence-electron chi connectivity index (χ4n) is 2.41. The van der Waals surface area contributed by atoms with E-state index in [1.165, 1.54) is 30.5 Å². The molecule has 0 spiro atoms. The van der Waals surface area contributed by atoms with Gasteiger partial charge in [-0.15, -0.1) is 0 Å². The van der Waals surface area contributed by atoms with Crippen molar-refractivity contribution in [2.45, 2.75) is 13.2 Å². The third-order valence-electron chi connectivity index (χ3n) is 3.80. The average Bonchev–Trinajstić information content (AvgIpc) is 2.71. The molecule has 3 aromatic rings. The van der Waals surface area contributed by atoms with Crippen LogP contribution in [0.5, 0.6) is 5.75 Å². The quantitative estimate of drug-likeness (QED) is 0.318. The summed E-state index contributed by atoms with van der Waals surface area (Å²) in [5.74, 6) is 0.358. The Kier molecular flexibility index (Phi) is 6.30. The number of nitro groups is 1. The first-order valence-electron chi connectivity index (χ1n) is 8.46. The van der Waals surface area contributed by atoms with Gasteiger partial charge in [-0.2, -0.15) is 0 Å². The zero-order valence-corrected chi connectivity index (χ0v) is 14.8. The lowest BCUT2D eigenvalue weighted by Crippen LogP contribution is -1.96. The van der Waals surface area contributed by atoms with Crippen molar-refractivity contribution in [2.24, 2.45) is 5.16 Å². The Bertz CT molecular complexity index is 974. The van der Waals surface area contributed by atoms with Crippen LogP contribution >= 0.6 is 0 Å². The molecule has 28 heavy (non-hydrogen) atoms. The summed E-state index contributed by atoms with van der Waals surface area (Å²) < 4.78 is 18.8. The maximum Gasteiger partial charge on any atom is 0.269 e. The van der Waals surface area contributed by atoms with Crippen LogP contribution in [0.4, 0.5) is 10.1 Å². The molecule has 7 heteroatoms. The van der Waals surface area contributed by atoms with E-state index in [4.69, 9.17) is 9.57 Å². The molecule has 0 bridgehead atoms. The van der Waals surface area contributed by atoms with Gasteiger partial charge in [0, 0.05) is 12.1 Å². The molecule has 0 unspecified atom stereocenters. The minimum absolute atomic E-state index is 0.0129. The molecular weight excluding hydrogens is 363 g/mol. The van der Waals surface area contributed by atoms with Crippen molar-refractivity contribution < 1.29 is 18.9 Å². The minimum Gasteiger partial charge on any atom is -0.489 e. The average molecular weight is 380 g/mol. The van der Waals surface area contributed by atoms with Crippen LogP contribution in [0.25, 0.3) is 0 Å². The Hall–Kier alpha value is -3.74. The molecule has 0 saturated heterocycles. The molecule has 0 aliphatic rings. The van der Waals surface area contributed by atoms with E-state index in [2.05, 4.69) is 5.16 Å². The lowest BCUT2D eigenvalue weighted by Gasteiger charge is -2.06. The van der Waals surface area contributed by atoms with Gasteiger partial charge in [-0.1, -0.05) is 29.4 Å². The molecule has 3 aromatic carbocycles. The molecular formula is C21H17FN2O4. The summed E-state index contributed by atoms with van der Waals surface area (Å²) in [6.45, 7) is 0.407. The second-order valence-electron chi connectivity index (χ2n) is 5.92. The van der Waals surface area contributed by atoms with Crippen molar-refractivity contribution in [2.75, 3.05) is 0 Å². The number of nitro benzene ring substituents is 1. The molecule has 0 N–H and O–H groups in total. The van der Waals surface area contributed by atoms with Crippen molar-refractivity contribution in [3.63, 3.8) is 0 Å². The zero-order chi connectivity index (χ0) is 19.8. The van der Waals surface area contributed by atoms with E-state index < -0.39 is 4.92 Å². The summed E-state index contributed by atoms with van der Waals surface area (Å²) in [6.07, 6.45) is 1.54. The van der Waals surface area contributed by atoms with Crippen LogP contribution in [-0.2, 0) is 18.1 Å². The lowest BCUT2D eigenvalue weighted by molar-refractivity contribution is -0.384. The van der Waals surface area contributed by atoms with Crippen LogP contribution in [0.1, 0.15) is 16.7 Å². The van der Waals surface area contributed by atoms with Gasteiger partial charge in [-0.25, -0.2) is 4.39 Å². The normalized spacial score (nSPS) is 10.8. The van der Waals surface area contributed by atoms with Gasteiger partial charge in [0.25, 0.3) is 5.69 Å². The van der Waals surface area contributed by atoms with E-state index in [0.29, 0.717) is 11.3 Å². The van der Waals surface area contributed by atoms with Crippen LogP contribution in [0.2, 0.25) is 0 Å². The van der Waals surface area contributed by atoms with Crippen molar-refractivity contribution in [3.05, 3.63) is 105 Å². The Morgan fingerprint density at radius 1 is 0.964 bits per heavy atom. The van der Waals surface area contributed by atoms with Crippen LogP contribution in [0.3, 0.4) is 0 Å². The third kappa shape index (κ3) is 5.63. The molecule has 0 aliphatic carbocycles. The molecule has 6 nitrogen and oxygen atoms in total.